The number of esters is 2. The molecule has 10 heteroatoms. The Labute approximate surface area is 145 Å². The molecule has 142 valence electrons. The lowest BCUT2D eigenvalue weighted by Gasteiger charge is -2.28. The van der Waals surface area contributed by atoms with Gasteiger partial charge in [0.15, 0.2) is 6.10 Å². The Kier molecular flexibility index (Phi) is 8.17. The van der Waals surface area contributed by atoms with Gasteiger partial charge in [-0.25, -0.2) is 4.79 Å². The van der Waals surface area contributed by atoms with Gasteiger partial charge in [-0.15, -0.1) is 0 Å². The lowest BCUT2D eigenvalue weighted by Crippen LogP contribution is -2.46. The Morgan fingerprint density at radius 3 is 2.08 bits per heavy atom. The SMILES string of the molecule is C=C(C)C(=O)OC(CC(C)(CC(C)C(=O)OC)[N+](=O)[O-])C(C)[N+](=O)[O-]. The van der Waals surface area contributed by atoms with Crippen molar-refractivity contribution in [1.29, 1.82) is 0 Å². The molecule has 4 atom stereocenters. The van der Waals surface area contributed by atoms with Crippen LogP contribution >= 0.6 is 0 Å². The molecule has 0 aromatic rings. The monoisotopic (exact) mass is 360 g/mol. The Balaban J connectivity index is 5.56. The molecule has 0 radical (unpaired) electrons. The Morgan fingerprint density at radius 1 is 1.20 bits per heavy atom. The number of carbonyl (C=O) groups excluding carboxylic acids is 2. The maximum absolute atomic E-state index is 11.7. The minimum absolute atomic E-state index is 0.0197. The predicted octanol–water partition coefficient (Wildman–Crippen LogP) is 1.76. The number of hydrogen-bond donors (Lipinski definition) is 0. The Bertz CT molecular complexity index is 562. The maximum Gasteiger partial charge on any atom is 0.333 e. The summed E-state index contributed by atoms with van der Waals surface area (Å²) in [7, 11) is 1.16. The third-order valence-electron chi connectivity index (χ3n) is 3.91. The van der Waals surface area contributed by atoms with Gasteiger partial charge in [-0.3, -0.25) is 25.0 Å². The van der Waals surface area contributed by atoms with Crippen LogP contribution in [0.15, 0.2) is 12.2 Å². The summed E-state index contributed by atoms with van der Waals surface area (Å²) < 4.78 is 9.61. The molecule has 0 aromatic carbocycles. The number of rotatable bonds is 10. The van der Waals surface area contributed by atoms with Crippen LogP contribution < -0.4 is 0 Å². The molecule has 0 rings (SSSR count). The van der Waals surface area contributed by atoms with Gasteiger partial charge in [-0.1, -0.05) is 13.5 Å². The van der Waals surface area contributed by atoms with Gasteiger partial charge in [0.1, 0.15) is 0 Å². The van der Waals surface area contributed by atoms with Gasteiger partial charge in [0.05, 0.1) is 19.4 Å². The van der Waals surface area contributed by atoms with Crippen molar-refractivity contribution < 1.29 is 28.9 Å². The molecular formula is C15H24N2O8. The molecule has 0 aliphatic heterocycles. The van der Waals surface area contributed by atoms with Gasteiger partial charge in [0.25, 0.3) is 0 Å². The van der Waals surface area contributed by atoms with E-state index < -0.39 is 51.8 Å². The van der Waals surface area contributed by atoms with Crippen molar-refractivity contribution in [2.24, 2.45) is 5.92 Å². The van der Waals surface area contributed by atoms with E-state index in [1.54, 1.807) is 0 Å². The van der Waals surface area contributed by atoms with Crippen LogP contribution in [0.4, 0.5) is 0 Å². The number of hydrogen-bond acceptors (Lipinski definition) is 8. The van der Waals surface area contributed by atoms with Crippen molar-refractivity contribution in [3.05, 3.63) is 32.4 Å². The fourth-order valence-electron chi connectivity index (χ4n) is 2.29. The second-order valence-electron chi connectivity index (χ2n) is 6.34. The third kappa shape index (κ3) is 6.48. The molecule has 0 heterocycles. The third-order valence-corrected chi connectivity index (χ3v) is 3.91. The average Bonchev–Trinajstić information content (AvgIpc) is 2.51. The van der Waals surface area contributed by atoms with Crippen LogP contribution in [0.3, 0.4) is 0 Å². The number of ether oxygens (including phenoxy) is 2. The number of nitro groups is 2. The number of carbonyl (C=O) groups is 2. The largest absolute Gasteiger partial charge is 0.469 e. The first-order chi connectivity index (χ1) is 11.4. The van der Waals surface area contributed by atoms with Crippen molar-refractivity contribution in [2.45, 2.75) is 58.2 Å². The molecule has 0 saturated carbocycles. The van der Waals surface area contributed by atoms with Crippen LogP contribution in [0.5, 0.6) is 0 Å². The van der Waals surface area contributed by atoms with Gasteiger partial charge >= 0.3 is 11.9 Å². The van der Waals surface area contributed by atoms with E-state index in [0.717, 1.165) is 7.11 Å². The van der Waals surface area contributed by atoms with E-state index >= 15 is 0 Å². The molecule has 25 heavy (non-hydrogen) atoms. The maximum atomic E-state index is 11.7. The van der Waals surface area contributed by atoms with E-state index in [1.165, 1.54) is 27.7 Å². The average molecular weight is 360 g/mol. The first-order valence-electron chi connectivity index (χ1n) is 7.58. The second-order valence-corrected chi connectivity index (χ2v) is 6.34. The Morgan fingerprint density at radius 2 is 1.72 bits per heavy atom. The summed E-state index contributed by atoms with van der Waals surface area (Å²) in [4.78, 5) is 44.6. The second kappa shape index (κ2) is 9.09. The lowest BCUT2D eigenvalue weighted by atomic mass is 9.84. The summed E-state index contributed by atoms with van der Waals surface area (Å²) in [6.07, 6.45) is -2.00. The molecular weight excluding hydrogens is 336 g/mol. The zero-order valence-electron chi connectivity index (χ0n) is 15.0. The molecule has 0 aliphatic carbocycles. The molecule has 0 fully saturated rings. The van der Waals surface area contributed by atoms with Crippen LogP contribution in [0.2, 0.25) is 0 Å². The van der Waals surface area contributed by atoms with Crippen LogP contribution in [0.1, 0.15) is 40.5 Å². The van der Waals surface area contributed by atoms with Crippen LogP contribution in [0, 0.1) is 26.1 Å². The normalized spacial score (nSPS) is 16.7. The van der Waals surface area contributed by atoms with Crippen LogP contribution in [0.25, 0.3) is 0 Å². The van der Waals surface area contributed by atoms with E-state index in [2.05, 4.69) is 11.3 Å². The van der Waals surface area contributed by atoms with Gasteiger partial charge < -0.3 is 9.47 Å². The molecule has 0 aromatic heterocycles. The zero-order valence-corrected chi connectivity index (χ0v) is 15.0. The molecule has 0 N–H and O–H groups in total. The van der Waals surface area contributed by atoms with Crippen molar-refractivity contribution in [1.82, 2.24) is 0 Å². The van der Waals surface area contributed by atoms with E-state index in [9.17, 15) is 29.8 Å². The predicted molar refractivity (Wildman–Crippen MR) is 87.0 cm³/mol. The standard InChI is InChI=1S/C15H24N2O8/c1-9(2)13(18)25-12(11(4)16(20)21)8-15(5,17(22)23)7-10(3)14(19)24-6/h10-12H,1,7-8H2,2-6H3. The smallest absolute Gasteiger partial charge is 0.333 e. The van der Waals surface area contributed by atoms with Crippen LogP contribution in [-0.4, -0.2) is 46.6 Å². The highest BCUT2D eigenvalue weighted by molar-refractivity contribution is 5.87. The van der Waals surface area contributed by atoms with E-state index in [-0.39, 0.29) is 12.0 Å². The van der Waals surface area contributed by atoms with Crippen molar-refractivity contribution in [3.63, 3.8) is 0 Å². The minimum atomic E-state index is -1.72. The first kappa shape index (κ1) is 22.5. The molecule has 0 amide bonds. The first-order valence-corrected chi connectivity index (χ1v) is 7.58. The van der Waals surface area contributed by atoms with Crippen LogP contribution in [-0.2, 0) is 19.1 Å². The quantitative estimate of drug-likeness (QED) is 0.248. The molecule has 0 saturated heterocycles. The highest BCUT2D eigenvalue weighted by Gasteiger charge is 2.47. The van der Waals surface area contributed by atoms with Crippen molar-refractivity contribution >= 4 is 11.9 Å². The highest BCUT2D eigenvalue weighted by atomic mass is 16.6. The fraction of sp³-hybridized carbons (Fsp3) is 0.733. The zero-order chi connectivity index (χ0) is 19.9. The van der Waals surface area contributed by atoms with Gasteiger partial charge in [-0.2, -0.15) is 0 Å². The summed E-state index contributed by atoms with van der Waals surface area (Å²) in [5.41, 5.74) is -1.70. The van der Waals surface area contributed by atoms with E-state index in [4.69, 9.17) is 4.74 Å². The van der Waals surface area contributed by atoms with Gasteiger partial charge in [-0.05, 0) is 6.92 Å². The lowest BCUT2D eigenvalue weighted by molar-refractivity contribution is -0.577. The fourth-order valence-corrected chi connectivity index (χ4v) is 2.29. The minimum Gasteiger partial charge on any atom is -0.469 e. The Hall–Kier alpha value is -2.52. The summed E-state index contributed by atoms with van der Waals surface area (Å²) in [6, 6.07) is -1.36. The number of nitrogens with zero attached hydrogens (tertiary/aromatic N) is 2. The summed E-state index contributed by atoms with van der Waals surface area (Å²) in [5.74, 6) is -2.31. The van der Waals surface area contributed by atoms with E-state index in [1.807, 2.05) is 0 Å². The van der Waals surface area contributed by atoms with Gasteiger partial charge in [0.2, 0.25) is 11.6 Å². The van der Waals surface area contributed by atoms with Crippen molar-refractivity contribution in [3.8, 4) is 0 Å². The molecule has 0 aliphatic rings. The topological polar surface area (TPSA) is 139 Å². The van der Waals surface area contributed by atoms with Gasteiger partial charge in [0, 0.05) is 35.7 Å². The molecule has 4 unspecified atom stereocenters. The molecule has 0 spiro atoms. The number of methoxy groups -OCH3 is 1. The summed E-state index contributed by atoms with van der Waals surface area (Å²) in [6.45, 7) is 8.65. The van der Waals surface area contributed by atoms with E-state index in [0.29, 0.717) is 0 Å². The van der Waals surface area contributed by atoms with Crippen molar-refractivity contribution in [2.75, 3.05) is 7.11 Å². The molecule has 0 bridgehead atoms. The molecule has 10 nitrogen and oxygen atoms in total. The summed E-state index contributed by atoms with van der Waals surface area (Å²) >= 11 is 0. The summed E-state index contributed by atoms with van der Waals surface area (Å²) in [5, 5.41) is 22.6. The highest BCUT2D eigenvalue weighted by Crippen LogP contribution is 2.29.